The number of aromatic hydroxyl groups is 1. The quantitative estimate of drug-likeness (QED) is 0.677. The first kappa shape index (κ1) is 16.0. The van der Waals surface area contributed by atoms with Crippen LogP contribution >= 0.6 is 0 Å². The Bertz CT molecular complexity index is 1010. The maximum atomic E-state index is 12.2. The predicted octanol–water partition coefficient (Wildman–Crippen LogP) is 3.36. The topological polar surface area (TPSA) is 91.6 Å². The Balaban J connectivity index is 1.98. The number of anilines is 1. The van der Waals surface area contributed by atoms with Gasteiger partial charge in [0.1, 0.15) is 11.3 Å². The number of hydrogen-bond acceptors (Lipinski definition) is 3. The van der Waals surface area contributed by atoms with Crippen LogP contribution in [0.5, 0.6) is 5.75 Å². The maximum absolute atomic E-state index is 12.2. The van der Waals surface area contributed by atoms with Crippen LogP contribution in [0, 0.1) is 0 Å². The molecule has 6 nitrogen and oxygen atoms in total. The lowest BCUT2D eigenvalue weighted by Gasteiger charge is -2.26. The third-order valence-corrected chi connectivity index (χ3v) is 4.56. The van der Waals surface area contributed by atoms with Crippen LogP contribution in [-0.4, -0.2) is 26.7 Å². The zero-order valence-corrected chi connectivity index (χ0v) is 13.7. The number of phenols is 1. The van der Waals surface area contributed by atoms with Crippen molar-refractivity contribution in [1.29, 1.82) is 0 Å². The molecule has 3 aromatic rings. The highest BCUT2D eigenvalue weighted by atomic mass is 16.4. The van der Waals surface area contributed by atoms with Crippen molar-refractivity contribution in [2.24, 2.45) is 0 Å². The molecule has 26 heavy (non-hydrogen) atoms. The summed E-state index contributed by atoms with van der Waals surface area (Å²) >= 11 is 0. The molecular weight excluding hydrogens is 332 g/mol. The van der Waals surface area contributed by atoms with Crippen LogP contribution < -0.4 is 5.32 Å². The molecule has 0 fully saturated rings. The van der Waals surface area contributed by atoms with Crippen molar-refractivity contribution >= 4 is 17.6 Å². The first-order chi connectivity index (χ1) is 12.5. The molecule has 6 heteroatoms. The molecule has 0 spiro atoms. The highest BCUT2D eigenvalue weighted by Crippen LogP contribution is 2.42. The van der Waals surface area contributed by atoms with Crippen molar-refractivity contribution in [3.63, 3.8) is 0 Å². The van der Waals surface area contributed by atoms with Gasteiger partial charge in [0.15, 0.2) is 0 Å². The molecule has 2 heterocycles. The Morgan fingerprint density at radius 2 is 1.88 bits per heavy atom. The van der Waals surface area contributed by atoms with Gasteiger partial charge in [-0.05, 0) is 29.8 Å². The second-order valence-corrected chi connectivity index (χ2v) is 6.21. The van der Waals surface area contributed by atoms with Gasteiger partial charge in [0, 0.05) is 24.2 Å². The average molecular weight is 348 g/mol. The lowest BCUT2D eigenvalue weighted by Crippen LogP contribution is -2.25. The van der Waals surface area contributed by atoms with E-state index in [1.807, 2.05) is 36.4 Å². The van der Waals surface area contributed by atoms with Gasteiger partial charge in [0.25, 0.3) is 0 Å². The number of benzene rings is 2. The number of amides is 1. The number of phenolic OH excluding ortho intramolecular Hbond substituents is 1. The molecule has 0 aliphatic carbocycles. The maximum Gasteiger partial charge on any atom is 0.339 e. The second-order valence-electron chi connectivity index (χ2n) is 6.21. The number of carboxylic acid groups (broad SMARTS) is 1. The van der Waals surface area contributed by atoms with Crippen LogP contribution in [-0.2, 0) is 4.79 Å². The van der Waals surface area contributed by atoms with Gasteiger partial charge in [-0.1, -0.05) is 30.3 Å². The number of carbonyl (C=O) groups is 2. The molecule has 1 amide bonds. The molecule has 1 aromatic heterocycles. The van der Waals surface area contributed by atoms with E-state index in [0.29, 0.717) is 11.4 Å². The van der Waals surface area contributed by atoms with Crippen LogP contribution in [0.3, 0.4) is 0 Å². The van der Waals surface area contributed by atoms with E-state index < -0.39 is 5.97 Å². The largest absolute Gasteiger partial charge is 0.508 e. The number of para-hydroxylation sites is 1. The number of fused-ring (bicyclic) bond motifs is 1. The Hall–Kier alpha value is -3.54. The zero-order valence-electron chi connectivity index (χ0n) is 13.7. The molecule has 1 atom stereocenters. The number of nitrogens with one attached hydrogen (secondary N) is 1. The molecule has 0 unspecified atom stereocenters. The predicted molar refractivity (Wildman–Crippen MR) is 95.9 cm³/mol. The fraction of sp³-hybridized carbons (Fsp3) is 0.100. The molecule has 4 rings (SSSR count). The molecule has 130 valence electrons. The van der Waals surface area contributed by atoms with E-state index in [1.54, 1.807) is 22.8 Å². The van der Waals surface area contributed by atoms with Gasteiger partial charge in [-0.3, -0.25) is 4.79 Å². The fourth-order valence-corrected chi connectivity index (χ4v) is 3.45. The van der Waals surface area contributed by atoms with E-state index in [0.717, 1.165) is 11.3 Å². The monoisotopic (exact) mass is 348 g/mol. The summed E-state index contributed by atoms with van der Waals surface area (Å²) in [4.78, 5) is 24.0. The van der Waals surface area contributed by atoms with Gasteiger partial charge < -0.3 is 20.1 Å². The summed E-state index contributed by atoms with van der Waals surface area (Å²) in [5, 5.41) is 22.1. The summed E-state index contributed by atoms with van der Waals surface area (Å²) in [6, 6.07) is 16.1. The van der Waals surface area contributed by atoms with Gasteiger partial charge in [-0.2, -0.15) is 0 Å². The smallest absolute Gasteiger partial charge is 0.339 e. The molecular formula is C20H16N2O4. The summed E-state index contributed by atoms with van der Waals surface area (Å²) in [6.45, 7) is 0. The van der Waals surface area contributed by atoms with Gasteiger partial charge in [0.2, 0.25) is 5.91 Å². The third-order valence-electron chi connectivity index (χ3n) is 4.56. The Kier molecular flexibility index (Phi) is 3.73. The summed E-state index contributed by atoms with van der Waals surface area (Å²) in [5.41, 5.74) is 2.61. The summed E-state index contributed by atoms with van der Waals surface area (Å²) < 4.78 is 1.80. The number of aromatic nitrogens is 1. The SMILES string of the molecule is O=C1C[C@@H](c2cccc(O)c2)c2c(c(C(=O)O)cn2-c2ccccc2)N1. The Morgan fingerprint density at radius 1 is 1.12 bits per heavy atom. The van der Waals surface area contributed by atoms with Crippen LogP contribution in [0.15, 0.2) is 60.8 Å². The number of hydrogen-bond donors (Lipinski definition) is 3. The lowest BCUT2D eigenvalue weighted by molar-refractivity contribution is -0.116. The van der Waals surface area contributed by atoms with E-state index in [4.69, 9.17) is 0 Å². The molecule has 1 aliphatic rings. The van der Waals surface area contributed by atoms with E-state index >= 15 is 0 Å². The van der Waals surface area contributed by atoms with E-state index in [9.17, 15) is 19.8 Å². The Labute approximate surface area is 149 Å². The summed E-state index contributed by atoms with van der Waals surface area (Å²) in [6.07, 6.45) is 1.70. The zero-order chi connectivity index (χ0) is 18.3. The summed E-state index contributed by atoms with van der Waals surface area (Å²) in [5.74, 6) is -1.61. The van der Waals surface area contributed by atoms with Crippen molar-refractivity contribution in [2.75, 3.05) is 5.32 Å². The summed E-state index contributed by atoms with van der Waals surface area (Å²) in [7, 11) is 0. The molecule has 0 saturated heterocycles. The average Bonchev–Trinajstić information content (AvgIpc) is 3.01. The molecule has 2 aromatic carbocycles. The van der Waals surface area contributed by atoms with Gasteiger partial charge in [-0.15, -0.1) is 0 Å². The lowest BCUT2D eigenvalue weighted by atomic mass is 9.88. The minimum absolute atomic E-state index is 0.0436. The molecule has 1 aliphatic heterocycles. The van der Waals surface area contributed by atoms with Crippen LogP contribution in [0.4, 0.5) is 5.69 Å². The molecule has 0 radical (unpaired) electrons. The second kappa shape index (κ2) is 6.07. The van der Waals surface area contributed by atoms with Crippen molar-refractivity contribution in [3.8, 4) is 11.4 Å². The third kappa shape index (κ3) is 2.61. The molecule has 3 N–H and O–H groups in total. The van der Waals surface area contributed by atoms with E-state index in [-0.39, 0.29) is 29.6 Å². The highest BCUT2D eigenvalue weighted by molar-refractivity contribution is 6.04. The minimum atomic E-state index is -1.10. The molecule has 0 bridgehead atoms. The minimum Gasteiger partial charge on any atom is -0.508 e. The van der Waals surface area contributed by atoms with Crippen LogP contribution in [0.1, 0.15) is 34.0 Å². The molecule has 0 saturated carbocycles. The van der Waals surface area contributed by atoms with E-state index in [1.165, 1.54) is 6.20 Å². The van der Waals surface area contributed by atoms with E-state index in [2.05, 4.69) is 5.32 Å². The number of carbonyl (C=O) groups excluding carboxylic acids is 1. The standard InChI is InChI=1S/C20H16N2O4/c23-14-8-4-5-12(9-14)15-10-17(24)21-18-16(20(25)26)11-22(19(15)18)13-6-2-1-3-7-13/h1-9,11,15,23H,10H2,(H,21,24)(H,25,26)/t15-/m0/s1. The number of aromatic carboxylic acids is 1. The van der Waals surface area contributed by atoms with Crippen LogP contribution in [0.25, 0.3) is 5.69 Å². The number of carboxylic acids is 1. The number of nitrogens with zero attached hydrogens (tertiary/aromatic N) is 1. The van der Waals surface area contributed by atoms with Crippen molar-refractivity contribution < 1.29 is 19.8 Å². The Morgan fingerprint density at radius 3 is 2.58 bits per heavy atom. The first-order valence-corrected chi connectivity index (χ1v) is 8.17. The van der Waals surface area contributed by atoms with Gasteiger partial charge in [-0.25, -0.2) is 4.79 Å². The number of rotatable bonds is 3. The van der Waals surface area contributed by atoms with Crippen molar-refractivity contribution in [2.45, 2.75) is 12.3 Å². The van der Waals surface area contributed by atoms with Gasteiger partial charge in [0.05, 0.1) is 11.4 Å². The fourth-order valence-electron chi connectivity index (χ4n) is 3.45. The highest BCUT2D eigenvalue weighted by Gasteiger charge is 2.34. The van der Waals surface area contributed by atoms with Crippen LogP contribution in [0.2, 0.25) is 0 Å². The van der Waals surface area contributed by atoms with Crippen molar-refractivity contribution in [3.05, 3.63) is 77.6 Å². The normalized spacial score (nSPS) is 16.0. The van der Waals surface area contributed by atoms with Crippen molar-refractivity contribution in [1.82, 2.24) is 4.57 Å². The first-order valence-electron chi connectivity index (χ1n) is 8.17. The van der Waals surface area contributed by atoms with Gasteiger partial charge >= 0.3 is 5.97 Å².